The third-order valence-corrected chi connectivity index (χ3v) is 6.97. The Morgan fingerprint density at radius 3 is 2.44 bits per heavy atom. The monoisotopic (exact) mass is 469 g/mol. The van der Waals surface area contributed by atoms with E-state index in [1.165, 1.54) is 25.0 Å². The van der Waals surface area contributed by atoms with Crippen LogP contribution in [0.3, 0.4) is 0 Å². The first-order valence-electron chi connectivity index (χ1n) is 11.8. The molecule has 0 N–H and O–H groups in total. The lowest BCUT2D eigenvalue weighted by molar-refractivity contribution is -0.137. The Kier molecular flexibility index (Phi) is 7.27. The third kappa shape index (κ3) is 5.79. The maximum Gasteiger partial charge on any atom is 0.416 e. The van der Waals surface area contributed by atoms with E-state index in [9.17, 15) is 18.0 Å². The highest BCUT2D eigenvalue weighted by Crippen LogP contribution is 2.34. The van der Waals surface area contributed by atoms with Crippen molar-refractivity contribution < 1.29 is 22.7 Å². The molecule has 0 amide bonds. The summed E-state index contributed by atoms with van der Waals surface area (Å²) >= 11 is 0. The minimum absolute atomic E-state index is 0.135. The number of ether oxygens (including phenoxy) is 1. The molecule has 3 aromatic rings. The number of carbonyl (C=O) groups is 1. The quantitative estimate of drug-likeness (QED) is 0.334. The van der Waals surface area contributed by atoms with Crippen LogP contribution in [0.2, 0.25) is 0 Å². The lowest BCUT2D eigenvalue weighted by atomic mass is 9.82. The SMILES string of the molecule is C[C@@H](CCC(=O)c1ccc2c(Oc3ccc(C(F)(F)F)cc3)cccc2c1)C1CCN(C)CC1. The van der Waals surface area contributed by atoms with Crippen LogP contribution in [0.25, 0.3) is 10.8 Å². The molecule has 1 aliphatic rings. The highest BCUT2D eigenvalue weighted by Gasteiger charge is 2.30. The summed E-state index contributed by atoms with van der Waals surface area (Å²) in [5, 5.41) is 1.66. The molecule has 4 rings (SSSR count). The van der Waals surface area contributed by atoms with Gasteiger partial charge in [0.05, 0.1) is 5.56 Å². The number of halogens is 3. The molecule has 6 heteroatoms. The van der Waals surface area contributed by atoms with Gasteiger partial charge < -0.3 is 9.64 Å². The van der Waals surface area contributed by atoms with E-state index in [-0.39, 0.29) is 5.78 Å². The minimum atomic E-state index is -4.38. The summed E-state index contributed by atoms with van der Waals surface area (Å²) < 4.78 is 44.2. The zero-order valence-corrected chi connectivity index (χ0v) is 19.6. The Morgan fingerprint density at radius 2 is 1.76 bits per heavy atom. The fourth-order valence-corrected chi connectivity index (χ4v) is 4.69. The number of likely N-dealkylation sites (tertiary alicyclic amines) is 1. The fraction of sp³-hybridized carbons (Fsp3) is 0.393. The first kappa shape index (κ1) is 24.3. The minimum Gasteiger partial charge on any atom is -0.457 e. The first-order valence-corrected chi connectivity index (χ1v) is 11.8. The maximum absolute atomic E-state index is 12.9. The van der Waals surface area contributed by atoms with Crippen LogP contribution in [0.15, 0.2) is 60.7 Å². The average molecular weight is 470 g/mol. The molecular weight excluding hydrogens is 439 g/mol. The van der Waals surface area contributed by atoms with Crippen molar-refractivity contribution in [1.82, 2.24) is 4.90 Å². The predicted octanol–water partition coefficient (Wildman–Crippen LogP) is 7.59. The van der Waals surface area contributed by atoms with Crippen LogP contribution in [0, 0.1) is 11.8 Å². The molecule has 0 radical (unpaired) electrons. The first-order chi connectivity index (χ1) is 16.2. The number of rotatable bonds is 7. The van der Waals surface area contributed by atoms with Crippen molar-refractivity contribution in [2.24, 2.45) is 11.8 Å². The van der Waals surface area contributed by atoms with E-state index < -0.39 is 11.7 Å². The van der Waals surface area contributed by atoms with Crippen molar-refractivity contribution in [1.29, 1.82) is 0 Å². The molecule has 3 aromatic carbocycles. The molecule has 0 saturated carbocycles. The molecule has 1 saturated heterocycles. The van der Waals surface area contributed by atoms with Gasteiger partial charge in [-0.2, -0.15) is 13.2 Å². The second-order valence-corrected chi connectivity index (χ2v) is 9.40. The van der Waals surface area contributed by atoms with Crippen LogP contribution < -0.4 is 4.74 Å². The molecule has 0 aromatic heterocycles. The molecule has 3 nitrogen and oxygen atoms in total. The van der Waals surface area contributed by atoms with Crippen molar-refractivity contribution in [2.75, 3.05) is 20.1 Å². The van der Waals surface area contributed by atoms with Gasteiger partial charge in [0.15, 0.2) is 5.78 Å². The normalized spacial score (nSPS) is 16.5. The van der Waals surface area contributed by atoms with Gasteiger partial charge in [-0.15, -0.1) is 0 Å². The highest BCUT2D eigenvalue weighted by molar-refractivity contribution is 6.01. The van der Waals surface area contributed by atoms with Gasteiger partial charge in [-0.25, -0.2) is 0 Å². The maximum atomic E-state index is 12.9. The van der Waals surface area contributed by atoms with Gasteiger partial charge in [-0.05, 0) is 99.1 Å². The predicted molar refractivity (Wildman–Crippen MR) is 128 cm³/mol. The van der Waals surface area contributed by atoms with E-state index in [1.54, 1.807) is 6.07 Å². The van der Waals surface area contributed by atoms with Crippen molar-refractivity contribution in [3.63, 3.8) is 0 Å². The van der Waals surface area contributed by atoms with Gasteiger partial charge in [-0.1, -0.05) is 25.1 Å². The third-order valence-electron chi connectivity index (χ3n) is 6.97. The molecule has 1 atom stereocenters. The van der Waals surface area contributed by atoms with Crippen molar-refractivity contribution >= 4 is 16.6 Å². The Balaban J connectivity index is 1.42. The van der Waals surface area contributed by atoms with E-state index >= 15 is 0 Å². The summed E-state index contributed by atoms with van der Waals surface area (Å²) in [7, 11) is 2.16. The van der Waals surface area contributed by atoms with Crippen molar-refractivity contribution in [3.05, 3.63) is 71.8 Å². The number of Topliss-reactive ketones (excluding diaryl/α,β-unsaturated/α-hetero) is 1. The Morgan fingerprint density at radius 1 is 1.06 bits per heavy atom. The molecule has 0 unspecified atom stereocenters. The molecule has 1 aliphatic heterocycles. The van der Waals surface area contributed by atoms with E-state index in [0.717, 1.165) is 42.4 Å². The molecule has 1 fully saturated rings. The fourth-order valence-electron chi connectivity index (χ4n) is 4.69. The summed E-state index contributed by atoms with van der Waals surface area (Å²) in [5.41, 5.74) is -0.0409. The topological polar surface area (TPSA) is 29.5 Å². The number of benzene rings is 3. The van der Waals surface area contributed by atoms with Crippen molar-refractivity contribution in [2.45, 2.75) is 38.8 Å². The Hall–Kier alpha value is -2.86. The second-order valence-electron chi connectivity index (χ2n) is 9.40. The highest BCUT2D eigenvalue weighted by atomic mass is 19.4. The molecule has 0 bridgehead atoms. The summed E-state index contributed by atoms with van der Waals surface area (Å²) in [6.07, 6.45) is -0.567. The zero-order chi connectivity index (χ0) is 24.3. The summed E-state index contributed by atoms with van der Waals surface area (Å²) in [4.78, 5) is 15.2. The number of alkyl halides is 3. The van der Waals surface area contributed by atoms with Crippen LogP contribution in [0.4, 0.5) is 13.2 Å². The Labute approximate surface area is 198 Å². The molecule has 1 heterocycles. The number of carbonyl (C=O) groups excluding carboxylic acids is 1. The zero-order valence-electron chi connectivity index (χ0n) is 19.6. The molecule has 0 aliphatic carbocycles. The van der Waals surface area contributed by atoms with E-state index in [1.807, 2.05) is 30.3 Å². The number of ketones is 1. The van der Waals surface area contributed by atoms with E-state index in [0.29, 0.717) is 35.3 Å². The molecule has 34 heavy (non-hydrogen) atoms. The van der Waals surface area contributed by atoms with Crippen LogP contribution in [-0.2, 0) is 6.18 Å². The largest absolute Gasteiger partial charge is 0.457 e. The van der Waals surface area contributed by atoms with E-state index in [2.05, 4.69) is 18.9 Å². The van der Waals surface area contributed by atoms with Gasteiger partial charge in [0.2, 0.25) is 0 Å². The lowest BCUT2D eigenvalue weighted by Crippen LogP contribution is -2.32. The Bertz CT molecular complexity index is 1130. The number of hydrogen-bond donors (Lipinski definition) is 0. The molecule has 180 valence electrons. The second kappa shape index (κ2) is 10.2. The van der Waals surface area contributed by atoms with Gasteiger partial charge in [0.25, 0.3) is 0 Å². The van der Waals surface area contributed by atoms with Gasteiger partial charge >= 0.3 is 6.18 Å². The van der Waals surface area contributed by atoms with Crippen LogP contribution in [0.1, 0.15) is 48.5 Å². The van der Waals surface area contributed by atoms with Gasteiger partial charge in [0, 0.05) is 17.4 Å². The van der Waals surface area contributed by atoms with Crippen LogP contribution >= 0.6 is 0 Å². The number of hydrogen-bond acceptors (Lipinski definition) is 3. The summed E-state index contributed by atoms with van der Waals surface area (Å²) in [5.74, 6) is 2.21. The van der Waals surface area contributed by atoms with Crippen molar-refractivity contribution in [3.8, 4) is 11.5 Å². The summed E-state index contributed by atoms with van der Waals surface area (Å²) in [6.45, 7) is 4.52. The molecular formula is C28H30F3NO2. The average Bonchev–Trinajstić information content (AvgIpc) is 2.82. The number of piperidine rings is 1. The van der Waals surface area contributed by atoms with Gasteiger partial charge in [-0.3, -0.25) is 4.79 Å². The lowest BCUT2D eigenvalue weighted by Gasteiger charge is -2.32. The standard InChI is InChI=1S/C28H30F3NO2/c1-19(20-14-16-32(2)17-15-20)6-13-26(33)22-7-12-25-21(18-22)4-3-5-27(25)34-24-10-8-23(9-11-24)28(29,30)31/h3-5,7-12,18-20H,6,13-17H2,1-2H3/t19-/m0/s1. The van der Waals surface area contributed by atoms with E-state index in [4.69, 9.17) is 4.74 Å². The van der Waals surface area contributed by atoms with Crippen LogP contribution in [-0.4, -0.2) is 30.8 Å². The molecule has 0 spiro atoms. The number of fused-ring (bicyclic) bond motifs is 1. The number of nitrogens with zero attached hydrogens (tertiary/aromatic N) is 1. The summed E-state index contributed by atoms with van der Waals surface area (Å²) in [6, 6.07) is 15.7. The smallest absolute Gasteiger partial charge is 0.416 e. The van der Waals surface area contributed by atoms with Gasteiger partial charge in [0.1, 0.15) is 11.5 Å². The van der Waals surface area contributed by atoms with Crippen LogP contribution in [0.5, 0.6) is 11.5 Å².